The third kappa shape index (κ3) is 3.33. The van der Waals surface area contributed by atoms with Crippen LogP contribution in [0, 0.1) is 0 Å². The molecule has 20 heavy (non-hydrogen) atoms. The minimum Gasteiger partial charge on any atom is -0.301 e. The van der Waals surface area contributed by atoms with Crippen molar-refractivity contribution in [1.82, 2.24) is 5.32 Å². The molecule has 0 bridgehead atoms. The van der Waals surface area contributed by atoms with Crippen LogP contribution in [0.25, 0.3) is 6.08 Å². The minimum atomic E-state index is -0.0493. The highest BCUT2D eigenvalue weighted by molar-refractivity contribution is 9.10. The second-order valence-corrected chi connectivity index (χ2v) is 6.94. The highest BCUT2D eigenvalue weighted by Crippen LogP contribution is 2.29. The summed E-state index contributed by atoms with van der Waals surface area (Å²) in [6, 6.07) is 8.30. The van der Waals surface area contributed by atoms with Crippen LogP contribution in [0.15, 0.2) is 38.6 Å². The molecule has 0 unspecified atom stereocenters. The molecule has 0 aromatic heterocycles. The first-order valence-corrected chi connectivity index (χ1v) is 8.36. The van der Waals surface area contributed by atoms with Crippen LogP contribution in [-0.2, 0) is 4.79 Å². The Morgan fingerprint density at radius 3 is 2.90 bits per heavy atom. The van der Waals surface area contributed by atoms with Gasteiger partial charge in [-0.05, 0) is 48.4 Å². The number of rotatable bonds is 2. The molecule has 2 aliphatic rings. The lowest BCUT2D eigenvalue weighted by molar-refractivity contribution is -0.115. The molecule has 1 heterocycles. The molecule has 0 atom stereocenters. The third-order valence-electron chi connectivity index (χ3n) is 3.42. The second-order valence-electron chi connectivity index (χ2n) is 4.99. The van der Waals surface area contributed by atoms with Crippen molar-refractivity contribution in [1.29, 1.82) is 0 Å². The normalized spacial score (nSPS) is 23.8. The zero-order valence-electron chi connectivity index (χ0n) is 10.9. The van der Waals surface area contributed by atoms with E-state index in [1.807, 2.05) is 30.3 Å². The monoisotopic (exact) mass is 350 g/mol. The summed E-state index contributed by atoms with van der Waals surface area (Å²) < 4.78 is 1.01. The summed E-state index contributed by atoms with van der Waals surface area (Å²) in [4.78, 5) is 17.3. The van der Waals surface area contributed by atoms with Gasteiger partial charge < -0.3 is 5.32 Å². The van der Waals surface area contributed by atoms with Crippen molar-refractivity contribution in [3.05, 3.63) is 39.2 Å². The van der Waals surface area contributed by atoms with E-state index in [-0.39, 0.29) is 5.91 Å². The number of halogens is 1. The number of amidine groups is 1. The predicted molar refractivity (Wildman–Crippen MR) is 87.5 cm³/mol. The van der Waals surface area contributed by atoms with Crippen LogP contribution in [0.5, 0.6) is 0 Å². The lowest BCUT2D eigenvalue weighted by atomic mass is 10.2. The number of thioether (sulfide) groups is 1. The quantitative estimate of drug-likeness (QED) is 0.820. The summed E-state index contributed by atoms with van der Waals surface area (Å²) in [7, 11) is 0. The van der Waals surface area contributed by atoms with Crippen molar-refractivity contribution >= 4 is 44.8 Å². The van der Waals surface area contributed by atoms with E-state index in [2.05, 4.69) is 26.2 Å². The number of aliphatic imine (C=N–C) groups is 1. The van der Waals surface area contributed by atoms with Gasteiger partial charge in [0, 0.05) is 4.47 Å². The van der Waals surface area contributed by atoms with Gasteiger partial charge in [0.2, 0.25) is 0 Å². The fraction of sp³-hybridized carbons (Fsp3) is 0.333. The van der Waals surface area contributed by atoms with Gasteiger partial charge in [0.1, 0.15) is 0 Å². The van der Waals surface area contributed by atoms with E-state index in [1.54, 1.807) is 0 Å². The number of carbonyl (C=O) groups is 1. The van der Waals surface area contributed by atoms with Crippen LogP contribution >= 0.6 is 27.7 Å². The fourth-order valence-electron chi connectivity index (χ4n) is 2.44. The van der Waals surface area contributed by atoms with E-state index < -0.39 is 0 Å². The van der Waals surface area contributed by atoms with Crippen LogP contribution < -0.4 is 5.32 Å². The Hall–Kier alpha value is -1.07. The molecule has 104 valence electrons. The predicted octanol–water partition coefficient (Wildman–Crippen LogP) is 3.95. The van der Waals surface area contributed by atoms with Gasteiger partial charge in [-0.1, -0.05) is 40.9 Å². The first kappa shape index (κ1) is 13.9. The van der Waals surface area contributed by atoms with Gasteiger partial charge in [0.15, 0.2) is 5.17 Å². The van der Waals surface area contributed by atoms with Crippen LogP contribution in [0.2, 0.25) is 0 Å². The molecule has 1 N–H and O–H groups in total. The Morgan fingerprint density at radius 1 is 1.35 bits per heavy atom. The minimum absolute atomic E-state index is 0.0493. The topological polar surface area (TPSA) is 41.5 Å². The number of hydrogen-bond donors (Lipinski definition) is 1. The van der Waals surface area contributed by atoms with Gasteiger partial charge in [0.05, 0.1) is 10.9 Å². The second kappa shape index (κ2) is 6.14. The molecule has 1 aromatic carbocycles. The molecule has 1 aliphatic heterocycles. The van der Waals surface area contributed by atoms with Crippen molar-refractivity contribution in [3.8, 4) is 0 Å². The lowest BCUT2D eigenvalue weighted by Crippen LogP contribution is -2.21. The van der Waals surface area contributed by atoms with Crippen LogP contribution in [-0.4, -0.2) is 17.1 Å². The zero-order valence-corrected chi connectivity index (χ0v) is 13.3. The molecule has 1 saturated carbocycles. The van der Waals surface area contributed by atoms with E-state index in [0.29, 0.717) is 10.9 Å². The van der Waals surface area contributed by atoms with E-state index in [0.717, 1.165) is 28.0 Å². The Morgan fingerprint density at radius 2 is 2.15 bits per heavy atom. The molecule has 3 nitrogen and oxygen atoms in total. The first-order valence-electron chi connectivity index (χ1n) is 6.75. The maximum absolute atomic E-state index is 12.0. The number of amides is 1. The summed E-state index contributed by atoms with van der Waals surface area (Å²) in [5, 5.41) is 3.61. The molecule has 0 spiro atoms. The Bertz CT molecular complexity index is 591. The summed E-state index contributed by atoms with van der Waals surface area (Å²) in [6.45, 7) is 0. The summed E-state index contributed by atoms with van der Waals surface area (Å²) in [6.07, 6.45) is 6.69. The van der Waals surface area contributed by atoms with Crippen LogP contribution in [0.1, 0.15) is 31.2 Å². The van der Waals surface area contributed by atoms with Gasteiger partial charge in [0.25, 0.3) is 5.91 Å². The molecular formula is C15H15BrN2OS. The molecule has 3 rings (SSSR count). The average molecular weight is 351 g/mol. The zero-order chi connectivity index (χ0) is 13.9. The summed E-state index contributed by atoms with van der Waals surface area (Å²) in [5.74, 6) is -0.0493. The molecule has 5 heteroatoms. The van der Waals surface area contributed by atoms with E-state index in [4.69, 9.17) is 0 Å². The smallest absolute Gasteiger partial charge is 0.264 e. The molecule has 1 saturated heterocycles. The van der Waals surface area contributed by atoms with E-state index >= 15 is 0 Å². The molecule has 1 amide bonds. The molecule has 2 fully saturated rings. The SMILES string of the molecule is O=C1NC(=NC2CCCC2)S/C1=C\c1cccc(Br)c1. The molecule has 1 aromatic rings. The highest BCUT2D eigenvalue weighted by Gasteiger charge is 2.25. The van der Waals surface area contributed by atoms with E-state index in [9.17, 15) is 4.79 Å². The van der Waals surface area contributed by atoms with Gasteiger partial charge in [-0.15, -0.1) is 0 Å². The Kier molecular flexibility index (Phi) is 4.27. The van der Waals surface area contributed by atoms with Gasteiger partial charge >= 0.3 is 0 Å². The fourth-order valence-corrected chi connectivity index (χ4v) is 3.74. The average Bonchev–Trinajstić information content (AvgIpc) is 3.01. The largest absolute Gasteiger partial charge is 0.301 e. The first-order chi connectivity index (χ1) is 9.70. The Labute approximate surface area is 131 Å². The van der Waals surface area contributed by atoms with Crippen molar-refractivity contribution in [3.63, 3.8) is 0 Å². The maximum Gasteiger partial charge on any atom is 0.264 e. The molecular weight excluding hydrogens is 336 g/mol. The lowest BCUT2D eigenvalue weighted by Gasteiger charge is -2.02. The van der Waals surface area contributed by atoms with Gasteiger partial charge in [-0.2, -0.15) is 0 Å². The molecule has 0 radical (unpaired) electrons. The number of hydrogen-bond acceptors (Lipinski definition) is 3. The van der Waals surface area contributed by atoms with Crippen LogP contribution in [0.4, 0.5) is 0 Å². The summed E-state index contributed by atoms with van der Waals surface area (Å²) >= 11 is 4.88. The summed E-state index contributed by atoms with van der Waals surface area (Å²) in [5.41, 5.74) is 1.01. The number of nitrogens with zero attached hydrogens (tertiary/aromatic N) is 1. The standard InChI is InChI=1S/C15H15BrN2OS/c16-11-5-3-4-10(8-11)9-13-14(19)18-15(20-13)17-12-6-1-2-7-12/h3-5,8-9,12H,1-2,6-7H2,(H,17,18,19)/b13-9-. The van der Waals surface area contributed by atoms with Crippen molar-refractivity contribution in [2.75, 3.05) is 0 Å². The number of nitrogens with one attached hydrogen (secondary N) is 1. The third-order valence-corrected chi connectivity index (χ3v) is 4.84. The van der Waals surface area contributed by atoms with Gasteiger partial charge in [-0.25, -0.2) is 0 Å². The van der Waals surface area contributed by atoms with Crippen LogP contribution in [0.3, 0.4) is 0 Å². The van der Waals surface area contributed by atoms with Crippen molar-refractivity contribution in [2.24, 2.45) is 4.99 Å². The maximum atomic E-state index is 12.0. The molecule has 1 aliphatic carbocycles. The van der Waals surface area contributed by atoms with Gasteiger partial charge in [-0.3, -0.25) is 9.79 Å². The highest BCUT2D eigenvalue weighted by atomic mass is 79.9. The van der Waals surface area contributed by atoms with Crippen molar-refractivity contribution in [2.45, 2.75) is 31.7 Å². The number of benzene rings is 1. The Balaban J connectivity index is 1.76. The number of carbonyl (C=O) groups excluding carboxylic acids is 1. The van der Waals surface area contributed by atoms with Crippen molar-refractivity contribution < 1.29 is 4.79 Å². The van der Waals surface area contributed by atoms with E-state index in [1.165, 1.54) is 24.6 Å².